The summed E-state index contributed by atoms with van der Waals surface area (Å²) in [5, 5.41) is 0.957. The lowest BCUT2D eigenvalue weighted by Gasteiger charge is -2.31. The van der Waals surface area contributed by atoms with Crippen LogP contribution in [0.1, 0.15) is 61.4 Å². The topological polar surface area (TPSA) is 55.2 Å². The van der Waals surface area contributed by atoms with Crippen molar-refractivity contribution >= 4 is 28.4 Å². The first kappa shape index (κ1) is 24.7. The summed E-state index contributed by atoms with van der Waals surface area (Å²) < 4.78 is 1.69. The summed E-state index contributed by atoms with van der Waals surface area (Å²) in [7, 11) is 0. The van der Waals surface area contributed by atoms with Crippen molar-refractivity contribution in [3.05, 3.63) is 105 Å². The standard InChI is InChI=1S/C29H30ClN3O2/c1-4-6-19-32(28(34)22-14-8-10-16-24(22)30)20(3)27-31-25-17-11-9-15-23(25)29(35)33(27)26-18-12-7-13-21(26)5-2/h7-18,20H,4-6,19H2,1-3H3. The van der Waals surface area contributed by atoms with Crippen molar-refractivity contribution in [1.29, 1.82) is 0 Å². The van der Waals surface area contributed by atoms with Crippen molar-refractivity contribution in [2.75, 3.05) is 6.54 Å². The van der Waals surface area contributed by atoms with Crippen molar-refractivity contribution in [3.63, 3.8) is 0 Å². The highest BCUT2D eigenvalue weighted by Gasteiger charge is 2.28. The Morgan fingerprint density at radius 1 is 1.00 bits per heavy atom. The Balaban J connectivity index is 1.95. The van der Waals surface area contributed by atoms with Crippen LogP contribution in [0.3, 0.4) is 0 Å². The van der Waals surface area contributed by atoms with Crippen LogP contribution in [0.25, 0.3) is 16.6 Å². The molecule has 0 spiro atoms. The molecule has 1 aromatic heterocycles. The van der Waals surface area contributed by atoms with Crippen LogP contribution in [-0.4, -0.2) is 26.9 Å². The van der Waals surface area contributed by atoms with E-state index >= 15 is 0 Å². The second-order valence-corrected chi connectivity index (χ2v) is 9.03. The molecule has 180 valence electrons. The number of rotatable bonds is 8. The molecule has 35 heavy (non-hydrogen) atoms. The highest BCUT2D eigenvalue weighted by atomic mass is 35.5. The molecule has 3 aromatic carbocycles. The van der Waals surface area contributed by atoms with Crippen molar-refractivity contribution in [3.8, 4) is 5.69 Å². The molecule has 4 rings (SSSR count). The average molecular weight is 488 g/mol. The number of benzene rings is 3. The van der Waals surface area contributed by atoms with Crippen LogP contribution in [-0.2, 0) is 6.42 Å². The van der Waals surface area contributed by atoms with Gasteiger partial charge in [0, 0.05) is 6.54 Å². The lowest BCUT2D eigenvalue weighted by atomic mass is 10.1. The third-order valence-corrected chi connectivity index (χ3v) is 6.70. The predicted molar refractivity (Wildman–Crippen MR) is 143 cm³/mol. The number of halogens is 1. The van der Waals surface area contributed by atoms with Crippen molar-refractivity contribution < 1.29 is 4.79 Å². The van der Waals surface area contributed by atoms with Crippen LogP contribution in [0, 0.1) is 0 Å². The molecule has 1 amide bonds. The van der Waals surface area contributed by atoms with Gasteiger partial charge in [0.1, 0.15) is 5.82 Å². The first-order chi connectivity index (χ1) is 17.0. The maximum absolute atomic E-state index is 13.9. The normalized spacial score (nSPS) is 12.0. The molecular weight excluding hydrogens is 458 g/mol. The number of amides is 1. The highest BCUT2D eigenvalue weighted by Crippen LogP contribution is 2.28. The summed E-state index contributed by atoms with van der Waals surface area (Å²) >= 11 is 6.40. The molecule has 0 saturated heterocycles. The van der Waals surface area contributed by atoms with Gasteiger partial charge in [0.25, 0.3) is 11.5 Å². The van der Waals surface area contributed by atoms with Gasteiger partial charge in [0.05, 0.1) is 33.2 Å². The Morgan fingerprint density at radius 3 is 2.43 bits per heavy atom. The van der Waals surface area contributed by atoms with Gasteiger partial charge in [-0.25, -0.2) is 4.98 Å². The van der Waals surface area contributed by atoms with E-state index in [1.807, 2.05) is 61.5 Å². The van der Waals surface area contributed by atoms with Crippen molar-refractivity contribution in [2.45, 2.75) is 46.1 Å². The fraction of sp³-hybridized carbons (Fsp3) is 0.276. The molecule has 0 aliphatic rings. The molecule has 0 radical (unpaired) electrons. The predicted octanol–water partition coefficient (Wildman–Crippen LogP) is 6.61. The van der Waals surface area contributed by atoms with E-state index in [1.165, 1.54) is 0 Å². The molecule has 0 saturated carbocycles. The Bertz CT molecular complexity index is 1410. The summed E-state index contributed by atoms with van der Waals surface area (Å²) in [5.74, 6) is 0.361. The monoisotopic (exact) mass is 487 g/mol. The zero-order valence-electron chi connectivity index (χ0n) is 20.4. The maximum Gasteiger partial charge on any atom is 0.266 e. The van der Waals surface area contributed by atoms with Gasteiger partial charge in [-0.2, -0.15) is 0 Å². The molecule has 1 heterocycles. The van der Waals surface area contributed by atoms with Crippen molar-refractivity contribution in [2.24, 2.45) is 0 Å². The van der Waals surface area contributed by atoms with Crippen LogP contribution >= 0.6 is 11.6 Å². The number of aromatic nitrogens is 2. The number of nitrogens with zero attached hydrogens (tertiary/aromatic N) is 3. The molecule has 0 N–H and O–H groups in total. The lowest BCUT2D eigenvalue weighted by molar-refractivity contribution is 0.0678. The van der Waals surface area contributed by atoms with Gasteiger partial charge in [-0.15, -0.1) is 0 Å². The van der Waals surface area contributed by atoms with Gasteiger partial charge in [0.15, 0.2) is 0 Å². The van der Waals surface area contributed by atoms with Crippen LogP contribution < -0.4 is 5.56 Å². The first-order valence-corrected chi connectivity index (χ1v) is 12.5. The summed E-state index contributed by atoms with van der Waals surface area (Å²) in [6.07, 6.45) is 2.51. The van der Waals surface area contributed by atoms with E-state index in [0.717, 1.165) is 30.5 Å². The Labute approximate surface area is 211 Å². The zero-order valence-corrected chi connectivity index (χ0v) is 21.1. The fourth-order valence-electron chi connectivity index (χ4n) is 4.42. The van der Waals surface area contributed by atoms with E-state index in [-0.39, 0.29) is 11.5 Å². The molecule has 0 fully saturated rings. The van der Waals surface area contributed by atoms with Gasteiger partial charge in [0.2, 0.25) is 0 Å². The lowest BCUT2D eigenvalue weighted by Crippen LogP contribution is -2.38. The summed E-state index contributed by atoms with van der Waals surface area (Å²) in [5.41, 5.74) is 2.75. The number of carbonyl (C=O) groups is 1. The highest BCUT2D eigenvalue weighted by molar-refractivity contribution is 6.33. The Kier molecular flexibility index (Phi) is 7.67. The smallest absolute Gasteiger partial charge is 0.266 e. The molecule has 6 heteroatoms. The minimum absolute atomic E-state index is 0.140. The quantitative estimate of drug-likeness (QED) is 0.281. The number of hydrogen-bond acceptors (Lipinski definition) is 3. The maximum atomic E-state index is 13.9. The van der Waals surface area contributed by atoms with E-state index in [0.29, 0.717) is 33.9 Å². The Hall–Kier alpha value is -3.44. The average Bonchev–Trinajstić information content (AvgIpc) is 2.89. The van der Waals surface area contributed by atoms with Gasteiger partial charge in [-0.1, -0.05) is 74.3 Å². The third-order valence-electron chi connectivity index (χ3n) is 6.37. The second kappa shape index (κ2) is 10.9. The number of hydrogen-bond donors (Lipinski definition) is 0. The van der Waals surface area contributed by atoms with E-state index in [9.17, 15) is 9.59 Å². The number of carbonyl (C=O) groups excluding carboxylic acids is 1. The largest absolute Gasteiger partial charge is 0.329 e. The molecule has 1 atom stereocenters. The molecular formula is C29H30ClN3O2. The minimum Gasteiger partial charge on any atom is -0.329 e. The summed E-state index contributed by atoms with van der Waals surface area (Å²) in [4.78, 5) is 34.3. The summed E-state index contributed by atoms with van der Waals surface area (Å²) in [6, 6.07) is 21.8. The molecule has 4 aromatic rings. The molecule has 5 nitrogen and oxygen atoms in total. The van der Waals surface area contributed by atoms with E-state index < -0.39 is 6.04 Å². The summed E-state index contributed by atoms with van der Waals surface area (Å²) in [6.45, 7) is 6.62. The molecule has 1 unspecified atom stereocenters. The molecule has 0 aliphatic heterocycles. The van der Waals surface area contributed by atoms with Gasteiger partial charge in [-0.05, 0) is 55.7 Å². The van der Waals surface area contributed by atoms with Crippen molar-refractivity contribution in [1.82, 2.24) is 14.5 Å². The number of unbranched alkanes of at least 4 members (excludes halogenated alkanes) is 1. The van der Waals surface area contributed by atoms with Crippen LogP contribution in [0.5, 0.6) is 0 Å². The molecule has 0 bridgehead atoms. The number of aryl methyl sites for hydroxylation is 1. The van der Waals surface area contributed by atoms with Crippen LogP contribution in [0.4, 0.5) is 0 Å². The molecule has 0 aliphatic carbocycles. The number of fused-ring (bicyclic) bond motifs is 1. The van der Waals surface area contributed by atoms with E-state index in [4.69, 9.17) is 16.6 Å². The third kappa shape index (κ3) is 4.87. The fourth-order valence-corrected chi connectivity index (χ4v) is 4.64. The zero-order chi connectivity index (χ0) is 24.9. The van der Waals surface area contributed by atoms with Gasteiger partial charge >= 0.3 is 0 Å². The van der Waals surface area contributed by atoms with Gasteiger partial charge in [-0.3, -0.25) is 14.2 Å². The number of para-hydroxylation sites is 2. The van der Waals surface area contributed by atoms with E-state index in [1.54, 1.807) is 27.7 Å². The van der Waals surface area contributed by atoms with Gasteiger partial charge < -0.3 is 4.90 Å². The second-order valence-electron chi connectivity index (χ2n) is 8.62. The SMILES string of the molecule is CCCCN(C(=O)c1ccccc1Cl)C(C)c1nc2ccccc2c(=O)n1-c1ccccc1CC. The van der Waals surface area contributed by atoms with Crippen LogP contribution in [0.15, 0.2) is 77.6 Å². The van der Waals surface area contributed by atoms with Crippen LogP contribution in [0.2, 0.25) is 5.02 Å². The first-order valence-electron chi connectivity index (χ1n) is 12.1. The minimum atomic E-state index is -0.465. The Morgan fingerprint density at radius 2 is 1.69 bits per heavy atom. The van der Waals surface area contributed by atoms with E-state index in [2.05, 4.69) is 13.8 Å².